The summed E-state index contributed by atoms with van der Waals surface area (Å²) in [5, 5.41) is 14.5. The topological polar surface area (TPSA) is 84.8 Å². The Hall–Kier alpha value is -2.71. The van der Waals surface area contributed by atoms with Crippen molar-refractivity contribution in [3.05, 3.63) is 59.5 Å². The number of rotatable bonds is 8. The first-order valence-corrected chi connectivity index (χ1v) is 14.0. The number of nitrogens with one attached hydrogen (secondary N) is 2. The Balaban J connectivity index is 1.62. The highest BCUT2D eigenvalue weighted by atomic mass is 28.4. The summed E-state index contributed by atoms with van der Waals surface area (Å²) < 4.78 is 8.14. The summed E-state index contributed by atoms with van der Waals surface area (Å²) in [4.78, 5) is 12.4. The lowest BCUT2D eigenvalue weighted by atomic mass is 10.1. The first-order valence-electron chi connectivity index (χ1n) is 11.1. The van der Waals surface area contributed by atoms with Gasteiger partial charge in [-0.15, -0.1) is 0 Å². The van der Waals surface area contributed by atoms with E-state index >= 15 is 0 Å². The number of H-pyrrole nitrogens is 1. The Morgan fingerprint density at radius 3 is 2.62 bits per heavy atom. The first-order chi connectivity index (χ1) is 14.9. The Morgan fingerprint density at radius 2 is 1.97 bits per heavy atom. The molecule has 0 fully saturated rings. The lowest BCUT2D eigenvalue weighted by Crippen LogP contribution is -2.40. The van der Waals surface area contributed by atoms with E-state index < -0.39 is 8.32 Å². The minimum Gasteiger partial charge on any atom is -0.413 e. The highest BCUT2D eigenvalue weighted by Crippen LogP contribution is 2.37. The van der Waals surface area contributed by atoms with Gasteiger partial charge in [0.15, 0.2) is 14.1 Å². The van der Waals surface area contributed by atoms with Gasteiger partial charge < -0.3 is 9.74 Å². The average molecular weight is 454 g/mol. The molecule has 7 nitrogen and oxygen atoms in total. The minimum atomic E-state index is -1.81. The molecule has 0 aliphatic carbocycles. The smallest absolute Gasteiger partial charge is 0.230 e. The second-order valence-corrected chi connectivity index (χ2v) is 14.9. The van der Waals surface area contributed by atoms with Gasteiger partial charge >= 0.3 is 0 Å². The number of hydrogen-bond acceptors (Lipinski definition) is 4. The summed E-state index contributed by atoms with van der Waals surface area (Å²) >= 11 is 0. The molecule has 0 spiro atoms. The van der Waals surface area contributed by atoms with Crippen LogP contribution in [0.3, 0.4) is 0 Å². The number of aromatic nitrogens is 4. The summed E-state index contributed by atoms with van der Waals surface area (Å²) in [7, 11) is -1.81. The first kappa shape index (κ1) is 23.9. The minimum absolute atomic E-state index is 0.122. The van der Waals surface area contributed by atoms with E-state index in [2.05, 4.69) is 80.5 Å². The predicted octanol–water partition coefficient (Wildman–Crippen LogP) is 5.42. The Kier molecular flexibility index (Phi) is 7.05. The van der Waals surface area contributed by atoms with Gasteiger partial charge in [0.05, 0.1) is 24.9 Å². The molecule has 0 atom stereocenters. The highest BCUT2D eigenvalue weighted by molar-refractivity contribution is 6.74. The van der Waals surface area contributed by atoms with Crippen LogP contribution in [0.15, 0.2) is 42.7 Å². The molecule has 3 rings (SSSR count). The van der Waals surface area contributed by atoms with E-state index in [0.717, 1.165) is 22.5 Å². The highest BCUT2D eigenvalue weighted by Gasteiger charge is 2.37. The summed E-state index contributed by atoms with van der Waals surface area (Å²) in [6, 6.07) is 10.0. The number of nitrogens with zero attached hydrogens (tertiary/aromatic N) is 3. The van der Waals surface area contributed by atoms with E-state index in [-0.39, 0.29) is 17.4 Å². The van der Waals surface area contributed by atoms with Crippen molar-refractivity contribution in [2.24, 2.45) is 0 Å². The van der Waals surface area contributed by atoms with Gasteiger partial charge in [0, 0.05) is 18.0 Å². The number of hydrogen-bond donors (Lipinski definition) is 2. The molecule has 2 N–H and O–H groups in total. The van der Waals surface area contributed by atoms with E-state index in [0.29, 0.717) is 18.3 Å². The van der Waals surface area contributed by atoms with Crippen LogP contribution >= 0.6 is 0 Å². The quantitative estimate of drug-likeness (QED) is 0.446. The fraction of sp³-hybridized carbons (Fsp3) is 0.458. The van der Waals surface area contributed by atoms with Gasteiger partial charge in [0.1, 0.15) is 0 Å². The van der Waals surface area contributed by atoms with Gasteiger partial charge in [-0.05, 0) is 47.3 Å². The third-order valence-electron chi connectivity index (χ3n) is 6.07. The van der Waals surface area contributed by atoms with Crippen LogP contribution in [0.25, 0.3) is 5.69 Å². The van der Waals surface area contributed by atoms with E-state index in [1.165, 1.54) is 0 Å². The fourth-order valence-corrected chi connectivity index (χ4v) is 3.89. The zero-order valence-corrected chi connectivity index (χ0v) is 21.2. The summed E-state index contributed by atoms with van der Waals surface area (Å²) in [6.45, 7) is 16.0. The molecule has 1 amide bonds. The molecule has 0 unspecified atom stereocenters. The molecule has 8 heteroatoms. The average Bonchev–Trinajstić information content (AvgIpc) is 3.35. The maximum atomic E-state index is 12.4. The molecule has 172 valence electrons. The summed E-state index contributed by atoms with van der Waals surface area (Å²) in [6.07, 6.45) is 3.85. The third kappa shape index (κ3) is 5.95. The lowest BCUT2D eigenvalue weighted by molar-refractivity contribution is -0.115. The van der Waals surface area contributed by atoms with E-state index in [1.54, 1.807) is 10.9 Å². The van der Waals surface area contributed by atoms with Crippen LogP contribution in [0.4, 0.5) is 5.82 Å². The van der Waals surface area contributed by atoms with Crippen LogP contribution < -0.4 is 5.32 Å². The van der Waals surface area contributed by atoms with Crippen LogP contribution in [0.1, 0.15) is 57.4 Å². The Labute approximate surface area is 191 Å². The summed E-state index contributed by atoms with van der Waals surface area (Å²) in [5.41, 5.74) is 3.89. The maximum absolute atomic E-state index is 12.4. The van der Waals surface area contributed by atoms with Crippen molar-refractivity contribution in [3.8, 4) is 5.69 Å². The van der Waals surface area contributed by atoms with Crippen molar-refractivity contribution in [1.29, 1.82) is 0 Å². The summed E-state index contributed by atoms with van der Waals surface area (Å²) in [5.74, 6) is 0.748. The van der Waals surface area contributed by atoms with Crippen LogP contribution in [0.5, 0.6) is 0 Å². The molecule has 2 heterocycles. The Morgan fingerprint density at radius 1 is 1.22 bits per heavy atom. The Bertz CT molecular complexity index is 1060. The van der Waals surface area contributed by atoms with Crippen molar-refractivity contribution >= 4 is 20.0 Å². The predicted molar refractivity (Wildman–Crippen MR) is 131 cm³/mol. The van der Waals surface area contributed by atoms with Gasteiger partial charge in [0.25, 0.3) is 0 Å². The molecule has 2 aromatic heterocycles. The van der Waals surface area contributed by atoms with Crippen molar-refractivity contribution < 1.29 is 9.22 Å². The molecule has 0 bridgehead atoms. The number of anilines is 1. The van der Waals surface area contributed by atoms with Gasteiger partial charge in [-0.3, -0.25) is 9.89 Å². The molecular formula is C24H35N5O2Si. The molecule has 0 aliphatic heterocycles. The number of carbonyl (C=O) groups is 1. The molecule has 0 saturated heterocycles. The molecule has 32 heavy (non-hydrogen) atoms. The number of amides is 1. The molecule has 0 aliphatic rings. The third-order valence-corrected chi connectivity index (χ3v) is 10.5. The van der Waals surface area contributed by atoms with Gasteiger partial charge in [-0.25, -0.2) is 4.68 Å². The zero-order valence-electron chi connectivity index (χ0n) is 20.2. The second kappa shape index (κ2) is 9.42. The lowest BCUT2D eigenvalue weighted by Gasteiger charge is -2.36. The second-order valence-electron chi connectivity index (χ2n) is 10.1. The molecule has 1 aromatic carbocycles. The van der Waals surface area contributed by atoms with E-state index in [4.69, 9.17) is 4.43 Å². The molecular weight excluding hydrogens is 418 g/mol. The number of carbonyl (C=O) groups excluding carboxylic acids is 1. The molecule has 3 aromatic rings. The molecule has 0 radical (unpaired) electrons. The van der Waals surface area contributed by atoms with Crippen molar-refractivity contribution in [3.63, 3.8) is 0 Å². The molecule has 0 saturated carbocycles. The largest absolute Gasteiger partial charge is 0.413 e. The van der Waals surface area contributed by atoms with E-state index in [1.807, 2.05) is 24.4 Å². The van der Waals surface area contributed by atoms with E-state index in [9.17, 15) is 4.79 Å². The van der Waals surface area contributed by atoms with Crippen LogP contribution in [0, 0.1) is 0 Å². The van der Waals surface area contributed by atoms with Crippen molar-refractivity contribution in [1.82, 2.24) is 20.0 Å². The van der Waals surface area contributed by atoms with Crippen molar-refractivity contribution in [2.45, 2.75) is 71.7 Å². The van der Waals surface area contributed by atoms with Gasteiger partial charge in [-0.2, -0.15) is 10.2 Å². The van der Waals surface area contributed by atoms with Gasteiger partial charge in [0.2, 0.25) is 5.91 Å². The SMILES string of the molecule is CC(C)c1cc(NC(=O)Cc2cnn(-c3cccc(CO[Si](C)(C)C(C)(C)C)c3)c2)n[nH]1. The van der Waals surface area contributed by atoms with Crippen LogP contribution in [-0.4, -0.2) is 34.2 Å². The maximum Gasteiger partial charge on any atom is 0.230 e. The zero-order chi connectivity index (χ0) is 23.5. The monoisotopic (exact) mass is 453 g/mol. The fourth-order valence-electron chi connectivity index (χ4n) is 2.93. The number of benzene rings is 1. The van der Waals surface area contributed by atoms with Crippen molar-refractivity contribution in [2.75, 3.05) is 5.32 Å². The van der Waals surface area contributed by atoms with Crippen LogP contribution in [0.2, 0.25) is 18.1 Å². The standard InChI is InChI=1S/C24H35N5O2Si/c1-17(2)21-13-22(28-27-21)26-23(30)12-19-14-25-29(15-19)20-10-8-9-18(11-20)16-31-32(6,7)24(3,4)5/h8-11,13-15,17H,12,16H2,1-7H3,(H2,26,27,28,30). The van der Waals surface area contributed by atoms with Gasteiger partial charge in [-0.1, -0.05) is 46.8 Å². The number of aromatic amines is 1. The normalized spacial score (nSPS) is 12.4. The van der Waals surface area contributed by atoms with Crippen LogP contribution in [-0.2, 0) is 22.2 Å².